The number of esters is 1. The first-order valence-corrected chi connectivity index (χ1v) is 5.00. The van der Waals surface area contributed by atoms with Gasteiger partial charge in [-0.3, -0.25) is 0 Å². The van der Waals surface area contributed by atoms with Gasteiger partial charge in [0.2, 0.25) is 12.0 Å². The van der Waals surface area contributed by atoms with Crippen molar-refractivity contribution in [2.24, 2.45) is 0 Å². The maximum atomic E-state index is 12.4. The number of nitrogen functional groups attached to an aromatic ring is 1. The highest BCUT2D eigenvalue weighted by molar-refractivity contribution is 5.94. The summed E-state index contributed by atoms with van der Waals surface area (Å²) in [6.45, 7) is 3.03. The number of ether oxygens (including phenoxy) is 2. The number of nitrogens with two attached hydrogens (primary N) is 1. The lowest BCUT2D eigenvalue weighted by atomic mass is 10.2. The minimum Gasteiger partial charge on any atom is -0.465 e. The van der Waals surface area contributed by atoms with E-state index in [1.165, 1.54) is 6.07 Å². The van der Waals surface area contributed by atoms with Crippen LogP contribution in [0.2, 0.25) is 0 Å². The quantitative estimate of drug-likeness (QED) is 0.672. The maximum absolute atomic E-state index is 12.4. The first-order chi connectivity index (χ1) is 8.79. The highest BCUT2D eigenvalue weighted by Crippen LogP contribution is 2.26. The Morgan fingerprint density at radius 3 is 2.58 bits per heavy atom. The van der Waals surface area contributed by atoms with Crippen molar-refractivity contribution in [3.8, 4) is 5.88 Å². The molecule has 2 N–H and O–H groups in total. The molecule has 0 saturated carbocycles. The molecule has 1 atom stereocenters. The van der Waals surface area contributed by atoms with Crippen LogP contribution in [0.4, 0.5) is 19.0 Å². The number of nitrogens with zero attached hydrogens (tertiary/aromatic N) is 1. The predicted molar refractivity (Wildman–Crippen MR) is 60.7 cm³/mol. The van der Waals surface area contributed by atoms with Crippen molar-refractivity contribution in [3.05, 3.63) is 30.4 Å². The third-order valence-corrected chi connectivity index (χ3v) is 2.09. The van der Waals surface area contributed by atoms with E-state index in [1.54, 1.807) is 0 Å². The summed E-state index contributed by atoms with van der Waals surface area (Å²) in [4.78, 5) is 14.8. The molecule has 5 nitrogen and oxygen atoms in total. The number of anilines is 1. The fourth-order valence-electron chi connectivity index (χ4n) is 1.18. The van der Waals surface area contributed by atoms with Gasteiger partial charge in [-0.05, 0) is 12.1 Å². The van der Waals surface area contributed by atoms with Gasteiger partial charge in [0.25, 0.3) is 0 Å². The summed E-state index contributed by atoms with van der Waals surface area (Å²) in [5, 5.41) is 0. The summed E-state index contributed by atoms with van der Waals surface area (Å²) in [5.74, 6) is -1.39. The number of carbonyl (C=O) groups is 1. The van der Waals surface area contributed by atoms with Crippen LogP contribution in [0.3, 0.4) is 0 Å². The summed E-state index contributed by atoms with van der Waals surface area (Å²) in [6, 6.07) is 2.25. The average molecular weight is 276 g/mol. The molecule has 1 heterocycles. The van der Waals surface area contributed by atoms with Gasteiger partial charge >= 0.3 is 12.1 Å². The van der Waals surface area contributed by atoms with Crippen LogP contribution in [-0.4, -0.2) is 30.3 Å². The Hall–Kier alpha value is -2.25. The fourth-order valence-corrected chi connectivity index (χ4v) is 1.18. The first-order valence-electron chi connectivity index (χ1n) is 5.00. The number of rotatable bonds is 4. The number of halogens is 3. The molecule has 0 amide bonds. The second-order valence-electron chi connectivity index (χ2n) is 3.39. The summed E-state index contributed by atoms with van der Waals surface area (Å²) in [7, 11) is 1.14. The number of aromatic nitrogens is 1. The highest BCUT2D eigenvalue weighted by Gasteiger charge is 2.40. The van der Waals surface area contributed by atoms with Gasteiger partial charge in [0.15, 0.2) is 0 Å². The number of pyridine rings is 1. The summed E-state index contributed by atoms with van der Waals surface area (Å²) in [6.07, 6.45) is -6.23. The van der Waals surface area contributed by atoms with Crippen LogP contribution in [0, 0.1) is 0 Å². The summed E-state index contributed by atoms with van der Waals surface area (Å²) >= 11 is 0. The Morgan fingerprint density at radius 1 is 1.53 bits per heavy atom. The predicted octanol–water partition coefficient (Wildman–Crippen LogP) is 1.95. The second-order valence-corrected chi connectivity index (χ2v) is 3.39. The molecule has 0 aromatic carbocycles. The van der Waals surface area contributed by atoms with Gasteiger partial charge in [0, 0.05) is 6.07 Å². The molecule has 1 rings (SSSR count). The Balaban J connectivity index is 2.96. The zero-order chi connectivity index (χ0) is 14.6. The SMILES string of the molecule is C=C[C@H](Oc1ccc(C(=O)OC)c(N)n1)C(F)(F)F. The van der Waals surface area contributed by atoms with E-state index in [-0.39, 0.29) is 17.3 Å². The highest BCUT2D eigenvalue weighted by atomic mass is 19.4. The summed E-state index contributed by atoms with van der Waals surface area (Å²) < 4.78 is 46.3. The largest absolute Gasteiger partial charge is 0.465 e. The number of hydrogen-bond acceptors (Lipinski definition) is 5. The lowest BCUT2D eigenvalue weighted by Crippen LogP contribution is -2.32. The van der Waals surface area contributed by atoms with Crippen LogP contribution in [0.15, 0.2) is 24.8 Å². The zero-order valence-corrected chi connectivity index (χ0v) is 9.90. The lowest BCUT2D eigenvalue weighted by Gasteiger charge is -2.18. The molecule has 1 aromatic rings. The van der Waals surface area contributed by atoms with Crippen molar-refractivity contribution in [1.29, 1.82) is 0 Å². The first kappa shape index (κ1) is 14.8. The lowest BCUT2D eigenvalue weighted by molar-refractivity contribution is -0.180. The second kappa shape index (κ2) is 5.59. The normalized spacial score (nSPS) is 12.6. The van der Waals surface area contributed by atoms with E-state index < -0.39 is 18.2 Å². The standard InChI is InChI=1S/C11H11F3N2O3/c1-3-7(11(12,13)14)19-8-5-4-6(9(15)16-8)10(17)18-2/h3-5,7H,1H2,2H3,(H2,15,16)/t7-/m0/s1. The van der Waals surface area contributed by atoms with Crippen LogP contribution in [0.5, 0.6) is 5.88 Å². The van der Waals surface area contributed by atoms with E-state index in [9.17, 15) is 18.0 Å². The summed E-state index contributed by atoms with van der Waals surface area (Å²) in [5.41, 5.74) is 5.37. The Kier molecular flexibility index (Phi) is 4.36. The minimum absolute atomic E-state index is 0.0583. The fraction of sp³-hybridized carbons (Fsp3) is 0.273. The van der Waals surface area contributed by atoms with Gasteiger partial charge in [0.1, 0.15) is 11.4 Å². The smallest absolute Gasteiger partial charge is 0.429 e. The van der Waals surface area contributed by atoms with E-state index in [0.29, 0.717) is 6.08 Å². The van der Waals surface area contributed by atoms with Crippen LogP contribution < -0.4 is 10.5 Å². The Morgan fingerprint density at radius 2 is 2.16 bits per heavy atom. The molecule has 0 saturated heterocycles. The molecule has 8 heteroatoms. The number of hydrogen-bond donors (Lipinski definition) is 1. The molecule has 0 aliphatic rings. The van der Waals surface area contributed by atoms with Crippen molar-refractivity contribution < 1.29 is 27.4 Å². The van der Waals surface area contributed by atoms with Crippen LogP contribution in [0.25, 0.3) is 0 Å². The Bertz CT molecular complexity index is 489. The molecule has 0 spiro atoms. The van der Waals surface area contributed by atoms with Gasteiger partial charge in [-0.1, -0.05) is 6.58 Å². The minimum atomic E-state index is -4.61. The molecule has 1 aromatic heterocycles. The van der Waals surface area contributed by atoms with Crippen LogP contribution >= 0.6 is 0 Å². The number of alkyl halides is 3. The van der Waals surface area contributed by atoms with Crippen LogP contribution in [0.1, 0.15) is 10.4 Å². The van der Waals surface area contributed by atoms with Gasteiger partial charge < -0.3 is 15.2 Å². The van der Waals surface area contributed by atoms with Gasteiger partial charge in [-0.2, -0.15) is 18.2 Å². The Labute approximate surface area is 106 Å². The molecule has 0 bridgehead atoms. The monoisotopic (exact) mass is 276 g/mol. The third kappa shape index (κ3) is 3.60. The average Bonchev–Trinajstić information content (AvgIpc) is 2.33. The third-order valence-electron chi connectivity index (χ3n) is 2.09. The topological polar surface area (TPSA) is 74.4 Å². The zero-order valence-electron chi connectivity index (χ0n) is 9.90. The molecule has 19 heavy (non-hydrogen) atoms. The number of methoxy groups -OCH3 is 1. The van der Waals surface area contributed by atoms with Gasteiger partial charge in [-0.25, -0.2) is 4.79 Å². The number of carbonyl (C=O) groups excluding carboxylic acids is 1. The van der Waals surface area contributed by atoms with E-state index >= 15 is 0 Å². The molecular weight excluding hydrogens is 265 g/mol. The van der Waals surface area contributed by atoms with E-state index in [2.05, 4.69) is 21.0 Å². The van der Waals surface area contributed by atoms with Crippen molar-refractivity contribution in [1.82, 2.24) is 4.98 Å². The van der Waals surface area contributed by atoms with Gasteiger partial charge in [0.05, 0.1) is 7.11 Å². The van der Waals surface area contributed by atoms with Crippen molar-refractivity contribution in [3.63, 3.8) is 0 Å². The van der Waals surface area contributed by atoms with Crippen molar-refractivity contribution in [2.45, 2.75) is 12.3 Å². The molecule has 0 aliphatic heterocycles. The van der Waals surface area contributed by atoms with Crippen molar-refractivity contribution in [2.75, 3.05) is 12.8 Å². The van der Waals surface area contributed by atoms with Crippen LogP contribution in [-0.2, 0) is 4.74 Å². The maximum Gasteiger partial charge on any atom is 0.429 e. The molecule has 0 unspecified atom stereocenters. The molecule has 0 aliphatic carbocycles. The van der Waals surface area contributed by atoms with E-state index in [0.717, 1.165) is 13.2 Å². The molecular formula is C11H11F3N2O3. The molecule has 104 valence electrons. The molecule has 0 radical (unpaired) electrons. The van der Waals surface area contributed by atoms with Crippen molar-refractivity contribution >= 4 is 11.8 Å². The molecule has 0 fully saturated rings. The van der Waals surface area contributed by atoms with Gasteiger partial charge in [-0.15, -0.1) is 0 Å². The van der Waals surface area contributed by atoms with E-state index in [1.807, 2.05) is 0 Å². The van der Waals surface area contributed by atoms with E-state index in [4.69, 9.17) is 5.73 Å².